The lowest BCUT2D eigenvalue weighted by molar-refractivity contribution is -0.0514. The molecular weight excluding hydrogens is 215 g/mol. The molecule has 2 rings (SSSR count). The zero-order chi connectivity index (χ0) is 11.6. The second-order valence-corrected chi connectivity index (χ2v) is 4.14. The monoisotopic (exact) mass is 229 g/mol. The fourth-order valence-corrected chi connectivity index (χ4v) is 2.06. The van der Waals surface area contributed by atoms with Crippen molar-refractivity contribution in [2.45, 2.75) is 31.2 Å². The van der Waals surface area contributed by atoms with E-state index in [1.807, 2.05) is 0 Å². The number of piperidine rings is 1. The Morgan fingerprint density at radius 3 is 2.69 bits per heavy atom. The molecule has 1 unspecified atom stereocenters. The highest BCUT2D eigenvalue weighted by atomic mass is 19.3. The van der Waals surface area contributed by atoms with Crippen molar-refractivity contribution in [3.8, 4) is 0 Å². The Bertz CT molecular complexity index is 359. The van der Waals surface area contributed by atoms with Crippen LogP contribution in [0.25, 0.3) is 0 Å². The Labute approximate surface area is 92.7 Å². The van der Waals surface area contributed by atoms with Crippen molar-refractivity contribution in [1.82, 2.24) is 5.32 Å². The summed E-state index contributed by atoms with van der Waals surface area (Å²) in [5, 5.41) is 2.80. The van der Waals surface area contributed by atoms with Crippen LogP contribution in [0.2, 0.25) is 0 Å². The molecule has 1 saturated heterocycles. The summed E-state index contributed by atoms with van der Waals surface area (Å²) in [5.74, 6) is -3.62. The van der Waals surface area contributed by atoms with Crippen LogP contribution in [0.5, 0.6) is 0 Å². The van der Waals surface area contributed by atoms with E-state index in [0.29, 0.717) is 13.0 Å². The maximum Gasteiger partial charge on any atom is 0.288 e. The maximum atomic E-state index is 14.0. The van der Waals surface area contributed by atoms with Gasteiger partial charge in [0.2, 0.25) is 0 Å². The molecule has 1 aliphatic heterocycles. The van der Waals surface area contributed by atoms with Crippen LogP contribution in [0, 0.1) is 5.82 Å². The first-order chi connectivity index (χ1) is 7.60. The summed E-state index contributed by atoms with van der Waals surface area (Å²) < 4.78 is 40.9. The molecule has 1 nitrogen and oxygen atoms in total. The molecule has 1 aromatic rings. The summed E-state index contributed by atoms with van der Waals surface area (Å²) in [6.45, 7) is 0.607. The van der Waals surface area contributed by atoms with Crippen LogP contribution in [-0.4, -0.2) is 12.6 Å². The lowest BCUT2D eigenvalue weighted by atomic mass is 9.94. The minimum Gasteiger partial charge on any atom is -0.308 e. The third-order valence-electron chi connectivity index (χ3n) is 2.96. The number of hydrogen-bond acceptors (Lipinski definition) is 1. The van der Waals surface area contributed by atoms with Gasteiger partial charge in [0.05, 0.1) is 6.04 Å². The van der Waals surface area contributed by atoms with Crippen LogP contribution < -0.4 is 5.32 Å². The van der Waals surface area contributed by atoms with Gasteiger partial charge in [0.25, 0.3) is 5.92 Å². The van der Waals surface area contributed by atoms with E-state index < -0.39 is 17.8 Å². The Morgan fingerprint density at radius 1 is 1.25 bits per heavy atom. The Morgan fingerprint density at radius 2 is 2.06 bits per heavy atom. The highest BCUT2D eigenvalue weighted by molar-refractivity contribution is 5.23. The standard InChI is InChI=1S/C12H14F3N/c13-10-5-3-4-9(8-10)12(14,15)11-6-1-2-7-16-11/h3-5,8,11,16H,1-2,6-7H2. The molecule has 1 fully saturated rings. The van der Waals surface area contributed by atoms with E-state index in [1.54, 1.807) is 0 Å². The van der Waals surface area contributed by atoms with Crippen molar-refractivity contribution in [1.29, 1.82) is 0 Å². The topological polar surface area (TPSA) is 12.0 Å². The molecule has 0 spiro atoms. The smallest absolute Gasteiger partial charge is 0.288 e. The molecule has 88 valence electrons. The van der Waals surface area contributed by atoms with Crippen molar-refractivity contribution < 1.29 is 13.2 Å². The van der Waals surface area contributed by atoms with Crippen LogP contribution in [0.15, 0.2) is 24.3 Å². The van der Waals surface area contributed by atoms with Gasteiger partial charge in [-0.05, 0) is 31.5 Å². The highest BCUT2D eigenvalue weighted by Crippen LogP contribution is 2.35. The third-order valence-corrected chi connectivity index (χ3v) is 2.96. The lowest BCUT2D eigenvalue weighted by Crippen LogP contribution is -2.45. The molecule has 1 aliphatic rings. The zero-order valence-electron chi connectivity index (χ0n) is 8.85. The Balaban J connectivity index is 2.22. The van der Waals surface area contributed by atoms with Gasteiger partial charge in [0.1, 0.15) is 5.82 Å². The molecule has 4 heteroatoms. The van der Waals surface area contributed by atoms with E-state index >= 15 is 0 Å². The lowest BCUT2D eigenvalue weighted by Gasteiger charge is -2.31. The Kier molecular flexibility index (Phi) is 3.19. The average molecular weight is 229 g/mol. The molecule has 0 amide bonds. The largest absolute Gasteiger partial charge is 0.308 e. The van der Waals surface area contributed by atoms with Gasteiger partial charge >= 0.3 is 0 Å². The fourth-order valence-electron chi connectivity index (χ4n) is 2.06. The minimum atomic E-state index is -3.00. The van der Waals surface area contributed by atoms with Crippen molar-refractivity contribution in [2.75, 3.05) is 6.54 Å². The summed E-state index contributed by atoms with van der Waals surface area (Å²) in [5.41, 5.74) is -0.244. The molecule has 1 atom stereocenters. The van der Waals surface area contributed by atoms with Crippen LogP contribution in [0.1, 0.15) is 24.8 Å². The summed E-state index contributed by atoms with van der Waals surface area (Å²) >= 11 is 0. The second kappa shape index (κ2) is 4.45. The summed E-state index contributed by atoms with van der Waals surface area (Å²) in [6.07, 6.45) is 2.15. The molecule has 1 N–H and O–H groups in total. The SMILES string of the molecule is Fc1cccc(C(F)(F)C2CCCCN2)c1. The van der Waals surface area contributed by atoms with E-state index in [9.17, 15) is 13.2 Å². The van der Waals surface area contributed by atoms with Crippen LogP contribution in [0.4, 0.5) is 13.2 Å². The number of halogens is 3. The first kappa shape index (κ1) is 11.5. The predicted octanol–water partition coefficient (Wildman–Crippen LogP) is 3.06. The highest BCUT2D eigenvalue weighted by Gasteiger charge is 2.41. The summed E-state index contributed by atoms with van der Waals surface area (Å²) in [6, 6.07) is 3.81. The van der Waals surface area contributed by atoms with E-state index in [-0.39, 0.29) is 5.56 Å². The normalized spacial score (nSPS) is 22.1. The minimum absolute atomic E-state index is 0.244. The van der Waals surface area contributed by atoms with Crippen LogP contribution in [-0.2, 0) is 5.92 Å². The first-order valence-corrected chi connectivity index (χ1v) is 5.48. The van der Waals surface area contributed by atoms with Gasteiger partial charge in [-0.1, -0.05) is 18.6 Å². The van der Waals surface area contributed by atoms with Crippen molar-refractivity contribution >= 4 is 0 Å². The van der Waals surface area contributed by atoms with Gasteiger partial charge in [0, 0.05) is 5.56 Å². The van der Waals surface area contributed by atoms with Gasteiger partial charge in [-0.2, -0.15) is 8.78 Å². The van der Waals surface area contributed by atoms with E-state index in [4.69, 9.17) is 0 Å². The number of alkyl halides is 2. The maximum absolute atomic E-state index is 14.0. The van der Waals surface area contributed by atoms with Gasteiger partial charge in [-0.15, -0.1) is 0 Å². The van der Waals surface area contributed by atoms with Crippen molar-refractivity contribution in [3.05, 3.63) is 35.6 Å². The van der Waals surface area contributed by atoms with Gasteiger partial charge in [0.15, 0.2) is 0 Å². The Hall–Kier alpha value is -1.03. The van der Waals surface area contributed by atoms with Crippen molar-refractivity contribution in [2.24, 2.45) is 0 Å². The first-order valence-electron chi connectivity index (χ1n) is 5.48. The van der Waals surface area contributed by atoms with Crippen molar-refractivity contribution in [3.63, 3.8) is 0 Å². The molecular formula is C12H14F3N. The zero-order valence-corrected chi connectivity index (χ0v) is 8.85. The number of benzene rings is 1. The molecule has 0 aliphatic carbocycles. The summed E-state index contributed by atoms with van der Waals surface area (Å²) in [4.78, 5) is 0. The van der Waals surface area contributed by atoms with E-state index in [0.717, 1.165) is 18.9 Å². The molecule has 0 saturated carbocycles. The predicted molar refractivity (Wildman–Crippen MR) is 55.9 cm³/mol. The quantitative estimate of drug-likeness (QED) is 0.821. The number of rotatable bonds is 2. The van der Waals surface area contributed by atoms with Gasteiger partial charge in [-0.25, -0.2) is 4.39 Å². The number of hydrogen-bond donors (Lipinski definition) is 1. The molecule has 0 radical (unpaired) electrons. The molecule has 1 heterocycles. The van der Waals surface area contributed by atoms with Crippen LogP contribution >= 0.6 is 0 Å². The summed E-state index contributed by atoms with van der Waals surface area (Å²) in [7, 11) is 0. The molecule has 0 bridgehead atoms. The van der Waals surface area contributed by atoms with Crippen LogP contribution in [0.3, 0.4) is 0 Å². The van der Waals surface area contributed by atoms with Gasteiger partial charge < -0.3 is 5.32 Å². The fraction of sp³-hybridized carbons (Fsp3) is 0.500. The molecule has 0 aromatic heterocycles. The molecule has 16 heavy (non-hydrogen) atoms. The van der Waals surface area contributed by atoms with Gasteiger partial charge in [-0.3, -0.25) is 0 Å². The van der Waals surface area contributed by atoms with E-state index in [1.165, 1.54) is 18.2 Å². The average Bonchev–Trinajstić information content (AvgIpc) is 2.30. The number of nitrogens with one attached hydrogen (secondary N) is 1. The third kappa shape index (κ3) is 2.21. The molecule has 1 aromatic carbocycles. The van der Waals surface area contributed by atoms with E-state index in [2.05, 4.69) is 5.32 Å². The second-order valence-electron chi connectivity index (χ2n) is 4.14.